The topological polar surface area (TPSA) is 102 Å². The number of amides is 4. The van der Waals surface area contributed by atoms with Gasteiger partial charge in [0.05, 0.1) is 18.0 Å². The molecule has 2 heterocycles. The summed E-state index contributed by atoms with van der Waals surface area (Å²) in [5, 5.41) is 1.29. The van der Waals surface area contributed by atoms with Crippen LogP contribution in [0.4, 0.5) is 21.0 Å². The third-order valence-electron chi connectivity index (χ3n) is 5.28. The van der Waals surface area contributed by atoms with Crippen LogP contribution in [0.5, 0.6) is 0 Å². The Balaban J connectivity index is 0.000000206. The summed E-state index contributed by atoms with van der Waals surface area (Å²) >= 11 is 23.4. The third kappa shape index (κ3) is 5.86. The molecule has 2 fully saturated rings. The number of carbonyl (C=O) groups is 4. The molecule has 4 amide bonds. The first-order valence-electron chi connectivity index (χ1n) is 10.4. The fourth-order valence-electron chi connectivity index (χ4n) is 3.45. The van der Waals surface area contributed by atoms with Crippen LogP contribution in [0, 0.1) is 0 Å². The highest BCUT2D eigenvalue weighted by Gasteiger charge is 2.52. The van der Waals surface area contributed by atoms with Gasteiger partial charge in [-0.05, 0) is 56.3 Å². The molecule has 13 heteroatoms. The second-order valence-corrected chi connectivity index (χ2v) is 9.99. The number of hydrogen-bond acceptors (Lipinski definition) is 7. The van der Waals surface area contributed by atoms with E-state index in [2.05, 4.69) is 6.58 Å². The number of rotatable bonds is 5. The Bertz CT molecular complexity index is 1260. The van der Waals surface area contributed by atoms with E-state index in [0.29, 0.717) is 20.1 Å². The molecule has 0 spiro atoms. The van der Waals surface area contributed by atoms with Gasteiger partial charge in [0.2, 0.25) is 11.2 Å². The molecule has 4 rings (SSSR count). The van der Waals surface area contributed by atoms with E-state index in [-0.39, 0.29) is 18.0 Å². The van der Waals surface area contributed by atoms with Crippen molar-refractivity contribution in [1.29, 1.82) is 0 Å². The molecule has 0 radical (unpaired) electrons. The van der Waals surface area contributed by atoms with E-state index in [4.69, 9.17) is 60.6 Å². The first kappa shape index (κ1) is 28.7. The van der Waals surface area contributed by atoms with Crippen molar-refractivity contribution in [3.63, 3.8) is 0 Å². The van der Waals surface area contributed by atoms with Gasteiger partial charge in [-0.1, -0.05) is 53.0 Å². The predicted molar refractivity (Wildman–Crippen MR) is 140 cm³/mol. The smallest absolute Gasteiger partial charge is 0.422 e. The van der Waals surface area contributed by atoms with Crippen molar-refractivity contribution in [2.75, 3.05) is 23.5 Å². The number of methoxy groups -OCH3 is 1. The van der Waals surface area contributed by atoms with Gasteiger partial charge in [0, 0.05) is 27.2 Å². The van der Waals surface area contributed by atoms with Crippen molar-refractivity contribution in [2.24, 2.45) is 0 Å². The molecular weight excluding hydrogens is 570 g/mol. The Hall–Kier alpha value is -2.82. The second-order valence-electron chi connectivity index (χ2n) is 8.25. The van der Waals surface area contributed by atoms with Crippen LogP contribution in [-0.4, -0.2) is 48.9 Å². The Kier molecular flexibility index (Phi) is 8.46. The maximum absolute atomic E-state index is 12.3. The Labute approximate surface area is 232 Å². The van der Waals surface area contributed by atoms with Crippen LogP contribution in [0.2, 0.25) is 20.1 Å². The van der Waals surface area contributed by atoms with Gasteiger partial charge in [0.25, 0.3) is 11.8 Å². The summed E-state index contributed by atoms with van der Waals surface area (Å²) in [5.74, 6) is -1.04. The predicted octanol–water partition coefficient (Wildman–Crippen LogP) is 6.30. The zero-order chi connectivity index (χ0) is 27.7. The quantitative estimate of drug-likeness (QED) is 0.377. The van der Waals surface area contributed by atoms with Crippen molar-refractivity contribution < 1.29 is 33.4 Å². The van der Waals surface area contributed by atoms with Gasteiger partial charge in [0.15, 0.2) is 0 Å². The number of anilines is 2. The SMILES string of the molecule is C=CC1(C)OC(=O)N(c2cc(Cl)cc(Cl)c2)C1=O.COCC1(C)OC(=O)N(c2cc(Cl)cc(Cl)c2)C1=O. The molecule has 196 valence electrons. The maximum Gasteiger partial charge on any atom is 0.422 e. The zero-order valence-corrected chi connectivity index (χ0v) is 22.7. The number of cyclic esters (lactones) is 2. The van der Waals surface area contributed by atoms with Gasteiger partial charge in [-0.2, -0.15) is 0 Å². The number of ether oxygens (including phenoxy) is 3. The van der Waals surface area contributed by atoms with Crippen LogP contribution >= 0.6 is 46.4 Å². The van der Waals surface area contributed by atoms with E-state index in [9.17, 15) is 19.2 Å². The molecule has 2 saturated heterocycles. The first-order valence-corrected chi connectivity index (χ1v) is 12.0. The Morgan fingerprint density at radius 2 is 1.19 bits per heavy atom. The van der Waals surface area contributed by atoms with Gasteiger partial charge >= 0.3 is 12.2 Å². The standard InChI is InChI=1S/C12H11Cl2NO4.C12H9Cl2NO3/c1-12(6-18-2)10(16)15(11(17)19-12)9-4-7(13)3-8(14)5-9;1-3-12(2)10(16)15(11(17)18-12)9-5-7(13)4-8(14)6-9/h3-5H,6H2,1-2H3;3-6H,1H2,2H3. The van der Waals surface area contributed by atoms with E-state index in [1.54, 1.807) is 0 Å². The average Bonchev–Trinajstić information content (AvgIpc) is 3.14. The van der Waals surface area contributed by atoms with Gasteiger partial charge < -0.3 is 14.2 Å². The Morgan fingerprint density at radius 3 is 1.57 bits per heavy atom. The molecular formula is C24H20Cl4N2O7. The van der Waals surface area contributed by atoms with Crippen molar-refractivity contribution in [3.8, 4) is 0 Å². The minimum absolute atomic E-state index is 0.0254. The van der Waals surface area contributed by atoms with Gasteiger partial charge in [-0.25, -0.2) is 19.4 Å². The molecule has 0 N–H and O–H groups in total. The molecule has 2 unspecified atom stereocenters. The summed E-state index contributed by atoms with van der Waals surface area (Å²) in [6, 6.07) is 8.86. The fourth-order valence-corrected chi connectivity index (χ4v) is 4.48. The van der Waals surface area contributed by atoms with E-state index in [0.717, 1.165) is 9.80 Å². The van der Waals surface area contributed by atoms with Crippen LogP contribution in [0.1, 0.15) is 13.8 Å². The van der Waals surface area contributed by atoms with Crippen LogP contribution in [0.25, 0.3) is 0 Å². The molecule has 37 heavy (non-hydrogen) atoms. The molecule has 2 aliphatic rings. The van der Waals surface area contributed by atoms with E-state index in [1.165, 1.54) is 63.4 Å². The molecule has 0 aromatic heterocycles. The molecule has 0 bridgehead atoms. The largest absolute Gasteiger partial charge is 0.430 e. The summed E-state index contributed by atoms with van der Waals surface area (Å²) in [6.07, 6.45) is -0.275. The minimum Gasteiger partial charge on any atom is -0.430 e. The van der Waals surface area contributed by atoms with E-state index >= 15 is 0 Å². The van der Waals surface area contributed by atoms with Gasteiger partial charge in [0.1, 0.15) is 0 Å². The summed E-state index contributed by atoms with van der Waals surface area (Å²) in [6.45, 7) is 6.41. The van der Waals surface area contributed by atoms with Crippen molar-refractivity contribution in [1.82, 2.24) is 0 Å². The van der Waals surface area contributed by atoms with Crippen LogP contribution in [-0.2, 0) is 23.8 Å². The molecule has 2 aromatic carbocycles. The Morgan fingerprint density at radius 1 is 0.784 bits per heavy atom. The van der Waals surface area contributed by atoms with Gasteiger partial charge in [-0.15, -0.1) is 0 Å². The lowest BCUT2D eigenvalue weighted by Crippen LogP contribution is -2.42. The van der Waals surface area contributed by atoms with Crippen molar-refractivity contribution in [2.45, 2.75) is 25.0 Å². The number of imide groups is 2. The fraction of sp³-hybridized carbons (Fsp3) is 0.250. The van der Waals surface area contributed by atoms with Crippen molar-refractivity contribution >= 4 is 81.8 Å². The summed E-state index contributed by atoms with van der Waals surface area (Å²) in [4.78, 5) is 49.7. The lowest BCUT2D eigenvalue weighted by atomic mass is 10.1. The third-order valence-corrected chi connectivity index (χ3v) is 6.15. The first-order chi connectivity index (χ1) is 17.2. The number of carbonyl (C=O) groups excluding carboxylic acids is 4. The minimum atomic E-state index is -1.36. The molecule has 2 atom stereocenters. The maximum atomic E-state index is 12.3. The summed E-state index contributed by atoms with van der Waals surface area (Å²) in [7, 11) is 1.42. The molecule has 0 saturated carbocycles. The van der Waals surface area contributed by atoms with Crippen LogP contribution < -0.4 is 9.80 Å². The van der Waals surface area contributed by atoms with E-state index < -0.39 is 35.2 Å². The molecule has 0 aliphatic carbocycles. The lowest BCUT2D eigenvalue weighted by molar-refractivity contribution is -0.132. The summed E-state index contributed by atoms with van der Waals surface area (Å²) in [5.41, 5.74) is -2.15. The second kappa shape index (κ2) is 10.9. The highest BCUT2D eigenvalue weighted by Crippen LogP contribution is 2.34. The number of halogens is 4. The highest BCUT2D eigenvalue weighted by atomic mass is 35.5. The number of benzene rings is 2. The van der Waals surface area contributed by atoms with Crippen LogP contribution in [0.15, 0.2) is 49.1 Å². The van der Waals surface area contributed by atoms with Crippen LogP contribution in [0.3, 0.4) is 0 Å². The van der Waals surface area contributed by atoms with E-state index in [1.807, 2.05) is 0 Å². The lowest BCUT2D eigenvalue weighted by Gasteiger charge is -2.18. The number of hydrogen-bond donors (Lipinski definition) is 0. The monoisotopic (exact) mass is 588 g/mol. The summed E-state index contributed by atoms with van der Waals surface area (Å²) < 4.78 is 15.0. The normalized spacial score (nSPS) is 23.0. The molecule has 2 aliphatic heterocycles. The highest BCUT2D eigenvalue weighted by molar-refractivity contribution is 6.36. The molecule has 2 aromatic rings. The van der Waals surface area contributed by atoms with Gasteiger partial charge in [-0.3, -0.25) is 9.59 Å². The molecule has 9 nitrogen and oxygen atoms in total. The zero-order valence-electron chi connectivity index (χ0n) is 19.7. The number of nitrogens with zero attached hydrogens (tertiary/aromatic N) is 2. The average molecular weight is 590 g/mol. The van der Waals surface area contributed by atoms with Crippen molar-refractivity contribution in [3.05, 3.63) is 69.1 Å².